The summed E-state index contributed by atoms with van der Waals surface area (Å²) >= 11 is 0. The number of ketones is 1. The Kier molecular flexibility index (Phi) is 9.38. The van der Waals surface area contributed by atoms with Crippen molar-refractivity contribution in [3.8, 4) is 0 Å². The predicted octanol–water partition coefficient (Wildman–Crippen LogP) is 3.43. The standard InChI is InChI=1S/C9H18O.CH4/c1-4-6-7-9(5-2)8(3)10;/h9H,4-7H2,1-3H3;1H4. The highest BCUT2D eigenvalue weighted by Gasteiger charge is 2.09. The lowest BCUT2D eigenvalue weighted by Gasteiger charge is -2.08. The molecule has 0 aliphatic heterocycles. The maximum absolute atomic E-state index is 10.9. The van der Waals surface area contributed by atoms with Gasteiger partial charge in [0.15, 0.2) is 0 Å². The van der Waals surface area contributed by atoms with Crippen LogP contribution in [-0.2, 0) is 4.79 Å². The molecule has 0 amide bonds. The quantitative estimate of drug-likeness (QED) is 0.599. The Bertz CT molecular complexity index is 97.0. The van der Waals surface area contributed by atoms with E-state index in [1.54, 1.807) is 6.92 Å². The molecule has 68 valence electrons. The first-order valence-corrected chi connectivity index (χ1v) is 4.22. The molecule has 0 saturated carbocycles. The molecular weight excluding hydrogens is 136 g/mol. The maximum atomic E-state index is 10.9. The van der Waals surface area contributed by atoms with Crippen LogP contribution in [0.3, 0.4) is 0 Å². The number of hydrogen-bond acceptors (Lipinski definition) is 1. The van der Waals surface area contributed by atoms with Crippen LogP contribution in [0.15, 0.2) is 0 Å². The van der Waals surface area contributed by atoms with Crippen LogP contribution in [0.4, 0.5) is 0 Å². The summed E-state index contributed by atoms with van der Waals surface area (Å²) in [6, 6.07) is 0. The Morgan fingerprint density at radius 3 is 2.18 bits per heavy atom. The monoisotopic (exact) mass is 158 g/mol. The van der Waals surface area contributed by atoms with Gasteiger partial charge in [0, 0.05) is 5.92 Å². The van der Waals surface area contributed by atoms with E-state index in [4.69, 9.17) is 0 Å². The Hall–Kier alpha value is -0.330. The summed E-state index contributed by atoms with van der Waals surface area (Å²) < 4.78 is 0. The largest absolute Gasteiger partial charge is 0.300 e. The minimum absolute atomic E-state index is 0. The number of carbonyl (C=O) groups excluding carboxylic acids is 1. The van der Waals surface area contributed by atoms with Gasteiger partial charge in [0.05, 0.1) is 0 Å². The summed E-state index contributed by atoms with van der Waals surface area (Å²) in [5, 5.41) is 0. The van der Waals surface area contributed by atoms with E-state index in [2.05, 4.69) is 13.8 Å². The van der Waals surface area contributed by atoms with E-state index in [0.29, 0.717) is 11.7 Å². The fraction of sp³-hybridized carbons (Fsp3) is 0.900. The smallest absolute Gasteiger partial charge is 0.132 e. The van der Waals surface area contributed by atoms with Crippen LogP contribution in [0.1, 0.15) is 53.9 Å². The van der Waals surface area contributed by atoms with Gasteiger partial charge < -0.3 is 0 Å². The molecule has 0 radical (unpaired) electrons. The van der Waals surface area contributed by atoms with Crippen molar-refractivity contribution >= 4 is 5.78 Å². The molecular formula is C10H22O. The highest BCUT2D eigenvalue weighted by atomic mass is 16.1. The van der Waals surface area contributed by atoms with Crippen molar-refractivity contribution in [2.75, 3.05) is 0 Å². The van der Waals surface area contributed by atoms with Crippen LogP contribution in [0.25, 0.3) is 0 Å². The van der Waals surface area contributed by atoms with Crippen molar-refractivity contribution in [2.45, 2.75) is 53.9 Å². The topological polar surface area (TPSA) is 17.1 Å². The molecule has 0 aliphatic rings. The zero-order valence-electron chi connectivity index (χ0n) is 7.31. The van der Waals surface area contributed by atoms with E-state index in [1.165, 1.54) is 12.8 Å². The first-order valence-electron chi connectivity index (χ1n) is 4.22. The number of carbonyl (C=O) groups is 1. The third-order valence-electron chi connectivity index (χ3n) is 1.97. The zero-order valence-corrected chi connectivity index (χ0v) is 7.31. The Labute approximate surface area is 71.2 Å². The lowest BCUT2D eigenvalue weighted by Crippen LogP contribution is -2.08. The first-order chi connectivity index (χ1) is 4.72. The highest BCUT2D eigenvalue weighted by Crippen LogP contribution is 2.12. The van der Waals surface area contributed by atoms with E-state index >= 15 is 0 Å². The Morgan fingerprint density at radius 1 is 1.36 bits per heavy atom. The van der Waals surface area contributed by atoms with Gasteiger partial charge in [-0.2, -0.15) is 0 Å². The second-order valence-electron chi connectivity index (χ2n) is 2.86. The third kappa shape index (κ3) is 6.08. The highest BCUT2D eigenvalue weighted by molar-refractivity contribution is 5.78. The van der Waals surface area contributed by atoms with Crippen LogP contribution in [-0.4, -0.2) is 5.78 Å². The molecule has 1 unspecified atom stereocenters. The van der Waals surface area contributed by atoms with Gasteiger partial charge in [0.25, 0.3) is 0 Å². The Morgan fingerprint density at radius 2 is 1.91 bits per heavy atom. The van der Waals surface area contributed by atoms with E-state index < -0.39 is 0 Å². The van der Waals surface area contributed by atoms with Gasteiger partial charge in [-0.3, -0.25) is 4.79 Å². The van der Waals surface area contributed by atoms with Crippen molar-refractivity contribution in [3.05, 3.63) is 0 Å². The second-order valence-corrected chi connectivity index (χ2v) is 2.86. The lowest BCUT2D eigenvalue weighted by atomic mass is 9.96. The van der Waals surface area contributed by atoms with Crippen molar-refractivity contribution in [3.63, 3.8) is 0 Å². The Balaban J connectivity index is 0. The van der Waals surface area contributed by atoms with Gasteiger partial charge in [0.1, 0.15) is 5.78 Å². The van der Waals surface area contributed by atoms with Crippen molar-refractivity contribution in [1.29, 1.82) is 0 Å². The van der Waals surface area contributed by atoms with Crippen molar-refractivity contribution in [2.24, 2.45) is 5.92 Å². The zero-order chi connectivity index (χ0) is 7.98. The average Bonchev–Trinajstić information content (AvgIpc) is 1.89. The number of rotatable bonds is 5. The van der Waals surface area contributed by atoms with Gasteiger partial charge in [-0.25, -0.2) is 0 Å². The average molecular weight is 158 g/mol. The lowest BCUT2D eigenvalue weighted by molar-refractivity contribution is -0.121. The summed E-state index contributed by atoms with van der Waals surface area (Å²) in [5.41, 5.74) is 0. The van der Waals surface area contributed by atoms with E-state index in [0.717, 1.165) is 12.8 Å². The molecule has 1 nitrogen and oxygen atoms in total. The molecule has 0 rings (SSSR count). The molecule has 1 heteroatoms. The SMILES string of the molecule is C.CCCCC(CC)C(C)=O. The number of hydrogen-bond donors (Lipinski definition) is 0. The molecule has 0 aromatic rings. The molecule has 1 atom stereocenters. The minimum Gasteiger partial charge on any atom is -0.300 e. The van der Waals surface area contributed by atoms with Crippen molar-refractivity contribution in [1.82, 2.24) is 0 Å². The molecule has 0 aromatic heterocycles. The number of unbranched alkanes of at least 4 members (excludes halogenated alkanes) is 1. The van der Waals surface area contributed by atoms with Gasteiger partial charge in [-0.1, -0.05) is 34.1 Å². The summed E-state index contributed by atoms with van der Waals surface area (Å²) in [5.74, 6) is 0.691. The van der Waals surface area contributed by atoms with Gasteiger partial charge >= 0.3 is 0 Å². The summed E-state index contributed by atoms with van der Waals surface area (Å²) in [7, 11) is 0. The maximum Gasteiger partial charge on any atom is 0.132 e. The molecule has 0 aromatic carbocycles. The molecule has 0 bridgehead atoms. The number of Topliss-reactive ketones (excluding diaryl/α,β-unsaturated/α-hetero) is 1. The summed E-state index contributed by atoms with van der Waals surface area (Å²) in [4.78, 5) is 10.9. The summed E-state index contributed by atoms with van der Waals surface area (Å²) in [6.07, 6.45) is 4.49. The van der Waals surface area contributed by atoms with E-state index in [9.17, 15) is 4.79 Å². The molecule has 11 heavy (non-hydrogen) atoms. The van der Waals surface area contributed by atoms with Crippen LogP contribution < -0.4 is 0 Å². The molecule has 0 spiro atoms. The molecule has 0 aliphatic carbocycles. The van der Waals surface area contributed by atoms with Crippen LogP contribution in [0, 0.1) is 5.92 Å². The molecule has 0 N–H and O–H groups in total. The van der Waals surface area contributed by atoms with Crippen LogP contribution in [0.2, 0.25) is 0 Å². The summed E-state index contributed by atoms with van der Waals surface area (Å²) in [6.45, 7) is 5.94. The fourth-order valence-corrected chi connectivity index (χ4v) is 1.15. The van der Waals surface area contributed by atoms with E-state index in [-0.39, 0.29) is 7.43 Å². The van der Waals surface area contributed by atoms with Gasteiger partial charge in [-0.15, -0.1) is 0 Å². The van der Waals surface area contributed by atoms with Crippen LogP contribution >= 0.6 is 0 Å². The normalized spacial score (nSPS) is 11.9. The molecule has 0 fully saturated rings. The van der Waals surface area contributed by atoms with Crippen LogP contribution in [0.5, 0.6) is 0 Å². The van der Waals surface area contributed by atoms with E-state index in [1.807, 2.05) is 0 Å². The third-order valence-corrected chi connectivity index (χ3v) is 1.97. The van der Waals surface area contributed by atoms with Crippen molar-refractivity contribution < 1.29 is 4.79 Å². The predicted molar refractivity (Wildman–Crippen MR) is 50.7 cm³/mol. The first kappa shape index (κ1) is 13.3. The molecule has 0 heterocycles. The minimum atomic E-state index is 0. The molecule has 0 saturated heterocycles. The van der Waals surface area contributed by atoms with Gasteiger partial charge in [-0.05, 0) is 19.8 Å². The second kappa shape index (κ2) is 7.77. The fourth-order valence-electron chi connectivity index (χ4n) is 1.15. The van der Waals surface area contributed by atoms with Gasteiger partial charge in [0.2, 0.25) is 0 Å².